The second-order valence-electron chi connectivity index (χ2n) is 5.48. The number of methoxy groups -OCH3 is 1. The Morgan fingerprint density at radius 3 is 2.53 bits per heavy atom. The van der Waals surface area contributed by atoms with Gasteiger partial charge in [0.1, 0.15) is 0 Å². The van der Waals surface area contributed by atoms with Gasteiger partial charge in [0.15, 0.2) is 0 Å². The lowest BCUT2D eigenvalue weighted by Crippen LogP contribution is -2.30. The molecule has 0 fully saturated rings. The minimum Gasteiger partial charge on any atom is -0.407 e. The molecule has 0 radical (unpaired) electrons. The van der Waals surface area contributed by atoms with Gasteiger partial charge in [-0.15, -0.1) is 5.10 Å². The number of ether oxygens (including phenoxy) is 1. The molecular formula is C13H26N4O2. The van der Waals surface area contributed by atoms with E-state index in [0.717, 1.165) is 6.54 Å². The summed E-state index contributed by atoms with van der Waals surface area (Å²) in [6, 6.07) is 0.624. The van der Waals surface area contributed by atoms with Crippen LogP contribution >= 0.6 is 0 Å². The Morgan fingerprint density at radius 2 is 1.95 bits per heavy atom. The van der Waals surface area contributed by atoms with E-state index in [1.165, 1.54) is 0 Å². The quantitative estimate of drug-likeness (QED) is 0.714. The Bertz CT molecular complexity index is 352. The molecule has 1 aromatic heterocycles. The summed E-state index contributed by atoms with van der Waals surface area (Å²) in [4.78, 5) is 0. The van der Waals surface area contributed by atoms with Gasteiger partial charge < -0.3 is 19.8 Å². The minimum atomic E-state index is 0.168. The van der Waals surface area contributed by atoms with Crippen LogP contribution in [0.3, 0.4) is 0 Å². The molecule has 0 aliphatic heterocycles. The number of anilines is 1. The van der Waals surface area contributed by atoms with Gasteiger partial charge >= 0.3 is 6.01 Å². The van der Waals surface area contributed by atoms with E-state index in [0.29, 0.717) is 36.9 Å². The molecule has 2 N–H and O–H groups in total. The summed E-state index contributed by atoms with van der Waals surface area (Å²) in [7, 11) is 1.69. The molecule has 0 amide bonds. The van der Waals surface area contributed by atoms with Crippen LogP contribution in [-0.2, 0) is 11.3 Å². The Balaban J connectivity index is 2.44. The summed E-state index contributed by atoms with van der Waals surface area (Å²) < 4.78 is 10.7. The van der Waals surface area contributed by atoms with Crippen molar-refractivity contribution in [3.8, 4) is 0 Å². The zero-order valence-electron chi connectivity index (χ0n) is 12.6. The molecule has 0 bridgehead atoms. The molecule has 1 atom stereocenters. The van der Waals surface area contributed by atoms with Crippen molar-refractivity contribution < 1.29 is 9.15 Å². The van der Waals surface area contributed by atoms with Crippen molar-refractivity contribution in [1.82, 2.24) is 15.5 Å². The van der Waals surface area contributed by atoms with Gasteiger partial charge in [-0.05, 0) is 18.4 Å². The van der Waals surface area contributed by atoms with Crippen LogP contribution < -0.4 is 10.6 Å². The van der Waals surface area contributed by atoms with E-state index in [9.17, 15) is 0 Å². The number of rotatable bonds is 9. The van der Waals surface area contributed by atoms with Crippen molar-refractivity contribution in [2.75, 3.05) is 25.6 Å². The molecule has 0 aliphatic rings. The van der Waals surface area contributed by atoms with Gasteiger partial charge in [-0.2, -0.15) is 0 Å². The predicted molar refractivity (Wildman–Crippen MR) is 75.0 cm³/mol. The van der Waals surface area contributed by atoms with E-state index in [1.54, 1.807) is 7.11 Å². The van der Waals surface area contributed by atoms with Gasteiger partial charge in [-0.3, -0.25) is 0 Å². The maximum Gasteiger partial charge on any atom is 0.315 e. The molecular weight excluding hydrogens is 244 g/mol. The third-order valence-electron chi connectivity index (χ3n) is 2.76. The summed E-state index contributed by atoms with van der Waals surface area (Å²) in [5, 5.41) is 14.5. The highest BCUT2D eigenvalue weighted by atomic mass is 16.5. The van der Waals surface area contributed by atoms with E-state index in [2.05, 4.69) is 48.5 Å². The van der Waals surface area contributed by atoms with Crippen LogP contribution in [0.4, 0.5) is 6.01 Å². The predicted octanol–water partition coefficient (Wildman–Crippen LogP) is 1.90. The number of nitrogens with zero attached hydrogens (tertiary/aromatic N) is 2. The van der Waals surface area contributed by atoms with E-state index in [-0.39, 0.29) is 6.04 Å². The highest BCUT2D eigenvalue weighted by Crippen LogP contribution is 2.12. The van der Waals surface area contributed by atoms with Crippen molar-refractivity contribution in [2.45, 2.75) is 40.3 Å². The zero-order chi connectivity index (χ0) is 14.3. The minimum absolute atomic E-state index is 0.168. The largest absolute Gasteiger partial charge is 0.407 e. The normalized spacial score (nSPS) is 13.2. The van der Waals surface area contributed by atoms with E-state index < -0.39 is 0 Å². The van der Waals surface area contributed by atoms with E-state index >= 15 is 0 Å². The highest BCUT2D eigenvalue weighted by Gasteiger charge is 2.16. The molecule has 0 aromatic carbocycles. The average molecular weight is 270 g/mol. The maximum atomic E-state index is 5.54. The lowest BCUT2D eigenvalue weighted by atomic mass is 10.1. The van der Waals surface area contributed by atoms with Gasteiger partial charge in [-0.1, -0.05) is 32.8 Å². The topological polar surface area (TPSA) is 72.2 Å². The molecule has 6 nitrogen and oxygen atoms in total. The zero-order valence-corrected chi connectivity index (χ0v) is 12.6. The highest BCUT2D eigenvalue weighted by molar-refractivity contribution is 5.19. The van der Waals surface area contributed by atoms with Crippen molar-refractivity contribution in [1.29, 1.82) is 0 Å². The van der Waals surface area contributed by atoms with Crippen LogP contribution in [0.1, 0.15) is 33.6 Å². The second kappa shape index (κ2) is 8.12. The molecule has 110 valence electrons. The summed E-state index contributed by atoms with van der Waals surface area (Å²) in [5.41, 5.74) is 0. The van der Waals surface area contributed by atoms with Crippen molar-refractivity contribution in [2.24, 2.45) is 11.8 Å². The van der Waals surface area contributed by atoms with Crippen LogP contribution in [0, 0.1) is 11.8 Å². The summed E-state index contributed by atoms with van der Waals surface area (Å²) in [6.45, 7) is 10.7. The molecule has 1 aromatic rings. The van der Waals surface area contributed by atoms with Gasteiger partial charge in [0.2, 0.25) is 5.89 Å². The summed E-state index contributed by atoms with van der Waals surface area (Å²) in [6.07, 6.45) is 0. The molecule has 0 spiro atoms. The van der Waals surface area contributed by atoms with Crippen LogP contribution in [0.5, 0.6) is 0 Å². The Kier molecular flexibility index (Phi) is 6.80. The Hall–Kier alpha value is -1.14. The first-order valence-corrected chi connectivity index (χ1v) is 6.81. The molecule has 1 heterocycles. The molecule has 0 saturated heterocycles. The standard InChI is InChI=1S/C13H26N4O2/c1-9(2)6-14-7-12-16-17-13(19-12)15-11(8-18-5)10(3)4/h9-11,14H,6-8H2,1-5H3,(H,15,17). The Morgan fingerprint density at radius 1 is 1.21 bits per heavy atom. The van der Waals surface area contributed by atoms with Crippen LogP contribution in [0.2, 0.25) is 0 Å². The fourth-order valence-electron chi connectivity index (χ4n) is 1.59. The van der Waals surface area contributed by atoms with E-state index in [4.69, 9.17) is 9.15 Å². The monoisotopic (exact) mass is 270 g/mol. The number of aromatic nitrogens is 2. The number of hydrogen-bond donors (Lipinski definition) is 2. The summed E-state index contributed by atoms with van der Waals surface area (Å²) >= 11 is 0. The fraction of sp³-hybridized carbons (Fsp3) is 0.846. The SMILES string of the molecule is COCC(Nc1nnc(CNCC(C)C)o1)C(C)C. The number of hydrogen-bond acceptors (Lipinski definition) is 6. The van der Waals surface area contributed by atoms with Gasteiger partial charge in [0.25, 0.3) is 0 Å². The van der Waals surface area contributed by atoms with Crippen molar-refractivity contribution >= 4 is 6.01 Å². The van der Waals surface area contributed by atoms with Gasteiger partial charge in [0.05, 0.1) is 19.2 Å². The third-order valence-corrected chi connectivity index (χ3v) is 2.76. The third kappa shape index (κ3) is 6.02. The average Bonchev–Trinajstić information content (AvgIpc) is 2.75. The first kappa shape index (κ1) is 15.9. The lowest BCUT2D eigenvalue weighted by Gasteiger charge is -2.19. The summed E-state index contributed by atoms with van der Waals surface area (Å²) in [5.74, 6) is 1.63. The number of nitrogens with one attached hydrogen (secondary N) is 2. The van der Waals surface area contributed by atoms with Crippen molar-refractivity contribution in [3.63, 3.8) is 0 Å². The molecule has 1 rings (SSSR count). The molecule has 0 aliphatic carbocycles. The van der Waals surface area contributed by atoms with Crippen molar-refractivity contribution in [3.05, 3.63) is 5.89 Å². The molecule has 1 unspecified atom stereocenters. The van der Waals surface area contributed by atoms with Crippen LogP contribution in [0.15, 0.2) is 4.42 Å². The van der Waals surface area contributed by atoms with Gasteiger partial charge in [-0.25, -0.2) is 0 Å². The second-order valence-corrected chi connectivity index (χ2v) is 5.48. The maximum absolute atomic E-state index is 5.54. The molecule has 0 saturated carbocycles. The molecule has 6 heteroatoms. The van der Waals surface area contributed by atoms with E-state index in [1.807, 2.05) is 0 Å². The van der Waals surface area contributed by atoms with Crippen LogP contribution in [-0.4, -0.2) is 36.5 Å². The molecule has 19 heavy (non-hydrogen) atoms. The Labute approximate surface area is 115 Å². The fourth-order valence-corrected chi connectivity index (χ4v) is 1.59. The smallest absolute Gasteiger partial charge is 0.315 e. The first-order valence-electron chi connectivity index (χ1n) is 6.81. The first-order chi connectivity index (χ1) is 9.02. The van der Waals surface area contributed by atoms with Crippen LogP contribution in [0.25, 0.3) is 0 Å². The van der Waals surface area contributed by atoms with Gasteiger partial charge in [0, 0.05) is 7.11 Å². The lowest BCUT2D eigenvalue weighted by molar-refractivity contribution is 0.170.